The lowest BCUT2D eigenvalue weighted by atomic mass is 9.98. The van der Waals surface area contributed by atoms with E-state index >= 15 is 0 Å². The van der Waals surface area contributed by atoms with E-state index in [0.29, 0.717) is 19.3 Å². The third-order valence-corrected chi connectivity index (χ3v) is 7.36. The number of unbranched alkanes of at least 4 members (excludes halogenated alkanes) is 1. The third kappa shape index (κ3) is 7.14. The van der Waals surface area contributed by atoms with Gasteiger partial charge in [-0.15, -0.1) is 0 Å². The molecule has 0 bridgehead atoms. The maximum absolute atomic E-state index is 6.13. The van der Waals surface area contributed by atoms with E-state index in [1.54, 1.807) is 0 Å². The van der Waals surface area contributed by atoms with Gasteiger partial charge in [-0.2, -0.15) is 0 Å². The van der Waals surface area contributed by atoms with Gasteiger partial charge < -0.3 is 9.64 Å². The number of fused-ring (bicyclic) bond motifs is 1. The molecule has 1 aromatic rings. The molecule has 1 atom stereocenters. The molecule has 0 amide bonds. The zero-order valence-corrected chi connectivity index (χ0v) is 22.3. The van der Waals surface area contributed by atoms with Gasteiger partial charge in [0.15, 0.2) is 0 Å². The van der Waals surface area contributed by atoms with Crippen LogP contribution in [0.1, 0.15) is 44.4 Å². The van der Waals surface area contributed by atoms with Gasteiger partial charge in [0.1, 0.15) is 0 Å². The summed E-state index contributed by atoms with van der Waals surface area (Å²) in [6.07, 6.45) is 16.7. The van der Waals surface area contributed by atoms with E-state index in [9.17, 15) is 0 Å². The van der Waals surface area contributed by atoms with E-state index in [1.165, 1.54) is 34.2 Å². The fourth-order valence-corrected chi connectivity index (χ4v) is 5.26. The molecule has 0 aromatic carbocycles. The molecular formula is C28H39BrN4O. The molecule has 34 heavy (non-hydrogen) atoms. The summed E-state index contributed by atoms with van der Waals surface area (Å²) >= 11 is 3.63. The summed E-state index contributed by atoms with van der Waals surface area (Å²) in [7, 11) is 0. The number of ether oxygens (including phenoxy) is 1. The summed E-state index contributed by atoms with van der Waals surface area (Å²) in [5, 5.41) is 0. The molecule has 1 aliphatic carbocycles. The fraction of sp³-hybridized carbons (Fsp3) is 0.536. The predicted octanol–water partition coefficient (Wildman–Crippen LogP) is 5.43. The highest BCUT2D eigenvalue weighted by atomic mass is 79.9. The first-order chi connectivity index (χ1) is 16.6. The van der Waals surface area contributed by atoms with E-state index in [4.69, 9.17) is 9.72 Å². The predicted molar refractivity (Wildman–Crippen MR) is 144 cm³/mol. The molecule has 0 radical (unpaired) electrons. The minimum Gasteiger partial charge on any atom is -0.369 e. The average molecular weight is 528 g/mol. The number of aromatic nitrogens is 1. The highest BCUT2D eigenvalue weighted by Gasteiger charge is 2.22. The minimum atomic E-state index is 0.467. The Kier molecular flexibility index (Phi) is 9.57. The molecular weight excluding hydrogens is 488 g/mol. The second kappa shape index (κ2) is 12.8. The van der Waals surface area contributed by atoms with Gasteiger partial charge in [-0.05, 0) is 53.1 Å². The summed E-state index contributed by atoms with van der Waals surface area (Å²) in [5.74, 6) is 0.467. The van der Waals surface area contributed by atoms with E-state index in [2.05, 4.69) is 87.0 Å². The average Bonchev–Trinajstić information content (AvgIpc) is 3.07. The minimum absolute atomic E-state index is 0.467. The molecule has 1 fully saturated rings. The van der Waals surface area contributed by atoms with Gasteiger partial charge in [-0.3, -0.25) is 14.8 Å². The van der Waals surface area contributed by atoms with Gasteiger partial charge in [0.05, 0.1) is 19.0 Å². The number of pyridine rings is 1. The number of rotatable bonds is 6. The van der Waals surface area contributed by atoms with Crippen molar-refractivity contribution in [1.29, 1.82) is 0 Å². The Morgan fingerprint density at radius 3 is 2.82 bits per heavy atom. The third-order valence-electron chi connectivity index (χ3n) is 6.78. The normalized spacial score (nSPS) is 24.5. The summed E-state index contributed by atoms with van der Waals surface area (Å²) in [6, 6.07) is 4.29. The van der Waals surface area contributed by atoms with E-state index in [0.717, 1.165) is 57.9 Å². The Morgan fingerprint density at radius 1 is 1.15 bits per heavy atom. The Balaban J connectivity index is 1.46. The first kappa shape index (κ1) is 25.4. The van der Waals surface area contributed by atoms with Gasteiger partial charge >= 0.3 is 0 Å². The molecule has 6 heteroatoms. The second-order valence-corrected chi connectivity index (χ2v) is 10.7. The van der Waals surface area contributed by atoms with Crippen LogP contribution < -0.4 is 0 Å². The fourth-order valence-electron chi connectivity index (χ4n) is 4.95. The van der Waals surface area contributed by atoms with Crippen molar-refractivity contribution in [2.45, 2.75) is 39.7 Å². The van der Waals surface area contributed by atoms with Gasteiger partial charge in [0.2, 0.25) is 0 Å². The maximum Gasteiger partial charge on any atom is 0.0995 e. The Labute approximate surface area is 214 Å². The molecule has 3 aliphatic rings. The lowest BCUT2D eigenvalue weighted by Gasteiger charge is -2.37. The van der Waals surface area contributed by atoms with Gasteiger partial charge in [0, 0.05) is 63.3 Å². The monoisotopic (exact) mass is 526 g/mol. The number of allylic oxidation sites excluding steroid dienone is 5. The van der Waals surface area contributed by atoms with Crippen molar-refractivity contribution >= 4 is 21.5 Å². The van der Waals surface area contributed by atoms with Crippen molar-refractivity contribution in [2.75, 3.05) is 52.5 Å². The van der Waals surface area contributed by atoms with Crippen molar-refractivity contribution in [3.63, 3.8) is 0 Å². The largest absolute Gasteiger partial charge is 0.369 e. The number of halogens is 1. The van der Waals surface area contributed by atoms with E-state index in [1.807, 2.05) is 6.20 Å². The molecule has 3 heterocycles. The summed E-state index contributed by atoms with van der Waals surface area (Å²) in [4.78, 5) is 12.3. The Hall–Kier alpha value is -1.73. The summed E-state index contributed by atoms with van der Waals surface area (Å²) < 4.78 is 7.36. The van der Waals surface area contributed by atoms with Crippen molar-refractivity contribution < 1.29 is 4.74 Å². The van der Waals surface area contributed by atoms with E-state index in [-0.39, 0.29) is 0 Å². The standard InChI is InChI=1S/C28H39BrN4O/c1-3-4-13-32-19-23(2)18-24(27-9-6-12-30-28(27)21-34-22-32)20-31-14-16-33(17-15-31)26-8-5-7-25(29)10-11-26/h5-6,8-12,18,23H,3-4,7,13-17,19-22H2,1-2H3/b24-18-. The van der Waals surface area contributed by atoms with Crippen molar-refractivity contribution in [2.24, 2.45) is 5.92 Å². The second-order valence-electron chi connectivity index (χ2n) is 9.65. The first-order valence-electron chi connectivity index (χ1n) is 12.8. The van der Waals surface area contributed by atoms with Crippen LogP contribution >= 0.6 is 15.9 Å². The van der Waals surface area contributed by atoms with Crippen LogP contribution in [0.3, 0.4) is 0 Å². The molecule has 4 rings (SSSR count). The maximum atomic E-state index is 6.13. The van der Waals surface area contributed by atoms with Crippen LogP contribution in [0.4, 0.5) is 0 Å². The van der Waals surface area contributed by atoms with Crippen LogP contribution in [-0.4, -0.2) is 72.2 Å². The van der Waals surface area contributed by atoms with Crippen LogP contribution in [0, 0.1) is 5.92 Å². The topological polar surface area (TPSA) is 31.8 Å². The lowest BCUT2D eigenvalue weighted by Crippen LogP contribution is -2.46. The summed E-state index contributed by atoms with van der Waals surface area (Å²) in [5.41, 5.74) is 5.02. The van der Waals surface area contributed by atoms with Gasteiger partial charge in [-0.1, -0.05) is 54.4 Å². The molecule has 184 valence electrons. The van der Waals surface area contributed by atoms with Crippen molar-refractivity contribution in [3.05, 3.63) is 70.1 Å². The van der Waals surface area contributed by atoms with Crippen LogP contribution in [0.5, 0.6) is 0 Å². The number of piperazine rings is 1. The molecule has 1 unspecified atom stereocenters. The molecule has 1 aromatic heterocycles. The zero-order valence-electron chi connectivity index (χ0n) is 20.8. The number of hydrogen-bond acceptors (Lipinski definition) is 5. The Bertz CT molecular complexity index is 930. The SMILES string of the molecule is CCCCN1COCc2ncccc2/C(CN2CCN(C3=CC=C(Br)CC=C3)CC2)=C\C(C)C1. The van der Waals surface area contributed by atoms with Crippen LogP contribution in [0.25, 0.3) is 5.57 Å². The van der Waals surface area contributed by atoms with Gasteiger partial charge in [0.25, 0.3) is 0 Å². The summed E-state index contributed by atoms with van der Waals surface area (Å²) in [6.45, 7) is 13.2. The smallest absolute Gasteiger partial charge is 0.0995 e. The number of nitrogens with zero attached hydrogens (tertiary/aromatic N) is 4. The lowest BCUT2D eigenvalue weighted by molar-refractivity contribution is 0.0122. The van der Waals surface area contributed by atoms with Gasteiger partial charge in [-0.25, -0.2) is 0 Å². The van der Waals surface area contributed by atoms with Crippen LogP contribution in [0.15, 0.2) is 58.9 Å². The molecule has 1 saturated heterocycles. The van der Waals surface area contributed by atoms with Crippen molar-refractivity contribution in [1.82, 2.24) is 19.7 Å². The van der Waals surface area contributed by atoms with Crippen LogP contribution in [-0.2, 0) is 11.3 Å². The first-order valence-corrected chi connectivity index (χ1v) is 13.6. The molecule has 0 spiro atoms. The highest BCUT2D eigenvalue weighted by molar-refractivity contribution is 9.11. The molecule has 0 saturated carbocycles. The molecule has 0 N–H and O–H groups in total. The molecule has 2 aliphatic heterocycles. The van der Waals surface area contributed by atoms with Crippen LogP contribution in [0.2, 0.25) is 0 Å². The van der Waals surface area contributed by atoms with Crippen molar-refractivity contribution in [3.8, 4) is 0 Å². The number of hydrogen-bond donors (Lipinski definition) is 0. The Morgan fingerprint density at radius 2 is 2.00 bits per heavy atom. The van der Waals surface area contributed by atoms with E-state index < -0.39 is 0 Å². The molecule has 5 nitrogen and oxygen atoms in total. The zero-order chi connectivity index (χ0) is 23.8. The highest BCUT2D eigenvalue weighted by Crippen LogP contribution is 2.25. The quantitative estimate of drug-likeness (QED) is 0.493.